The lowest BCUT2D eigenvalue weighted by atomic mass is 10.6. The maximum atomic E-state index is 5.47. The van der Waals surface area contributed by atoms with Crippen LogP contribution in [0.3, 0.4) is 0 Å². The molecule has 0 aliphatic rings. The molecule has 0 atom stereocenters. The quantitative estimate of drug-likeness (QED) is 0.649. The van der Waals surface area contributed by atoms with Crippen molar-refractivity contribution >= 4 is 11.8 Å². The van der Waals surface area contributed by atoms with Gasteiger partial charge in [0.05, 0.1) is 6.61 Å². The Morgan fingerprint density at radius 2 is 2.46 bits per heavy atom. The summed E-state index contributed by atoms with van der Waals surface area (Å²) in [6, 6.07) is 1.65. The molecule has 0 amide bonds. The van der Waals surface area contributed by atoms with E-state index in [0.29, 0.717) is 24.9 Å². The Bertz CT molecular complexity index is 254. The number of anilines is 2. The SMILES string of the molecule is CCOCCNc1nccc(N)n1. The normalized spacial score (nSPS) is 9.92. The number of rotatable bonds is 5. The number of nitrogens with one attached hydrogen (secondary N) is 1. The van der Waals surface area contributed by atoms with Crippen LogP contribution in [0.25, 0.3) is 0 Å². The molecule has 3 N–H and O–H groups in total. The number of hydrogen-bond acceptors (Lipinski definition) is 5. The van der Waals surface area contributed by atoms with E-state index in [0.717, 1.165) is 6.61 Å². The Morgan fingerprint density at radius 1 is 1.62 bits per heavy atom. The average molecular weight is 182 g/mol. The zero-order valence-corrected chi connectivity index (χ0v) is 7.66. The molecule has 1 aromatic rings. The molecule has 0 aliphatic carbocycles. The van der Waals surface area contributed by atoms with Gasteiger partial charge in [0.2, 0.25) is 5.95 Å². The van der Waals surface area contributed by atoms with Crippen LogP contribution in [-0.4, -0.2) is 29.7 Å². The van der Waals surface area contributed by atoms with Gasteiger partial charge in [0.1, 0.15) is 5.82 Å². The molecule has 5 heteroatoms. The summed E-state index contributed by atoms with van der Waals surface area (Å²) < 4.78 is 5.14. The topological polar surface area (TPSA) is 73.1 Å². The molecule has 1 heterocycles. The predicted octanol–water partition coefficient (Wildman–Crippen LogP) is 0.507. The molecule has 1 rings (SSSR count). The summed E-state index contributed by atoms with van der Waals surface area (Å²) in [6.45, 7) is 4.02. The van der Waals surface area contributed by atoms with Gasteiger partial charge in [0.25, 0.3) is 0 Å². The van der Waals surface area contributed by atoms with Gasteiger partial charge in [-0.15, -0.1) is 0 Å². The fourth-order valence-electron chi connectivity index (χ4n) is 0.837. The third kappa shape index (κ3) is 3.71. The Labute approximate surface area is 77.3 Å². The molecule has 0 radical (unpaired) electrons. The van der Waals surface area contributed by atoms with Gasteiger partial charge in [0.15, 0.2) is 0 Å². The first-order chi connectivity index (χ1) is 6.33. The molecule has 13 heavy (non-hydrogen) atoms. The number of nitrogen functional groups attached to an aromatic ring is 1. The zero-order chi connectivity index (χ0) is 9.52. The van der Waals surface area contributed by atoms with Crippen LogP contribution in [0.4, 0.5) is 11.8 Å². The minimum Gasteiger partial charge on any atom is -0.384 e. The van der Waals surface area contributed by atoms with E-state index in [4.69, 9.17) is 10.5 Å². The van der Waals surface area contributed by atoms with E-state index >= 15 is 0 Å². The smallest absolute Gasteiger partial charge is 0.224 e. The second-order valence-electron chi connectivity index (χ2n) is 2.43. The lowest BCUT2D eigenvalue weighted by Gasteiger charge is -2.04. The highest BCUT2D eigenvalue weighted by atomic mass is 16.5. The van der Waals surface area contributed by atoms with Gasteiger partial charge in [0, 0.05) is 19.3 Å². The number of hydrogen-bond donors (Lipinski definition) is 2. The Balaban J connectivity index is 2.28. The first-order valence-corrected chi connectivity index (χ1v) is 4.23. The fraction of sp³-hybridized carbons (Fsp3) is 0.500. The molecule has 0 bridgehead atoms. The minimum atomic E-state index is 0.467. The highest BCUT2D eigenvalue weighted by molar-refractivity contribution is 5.34. The molecule has 5 nitrogen and oxygen atoms in total. The summed E-state index contributed by atoms with van der Waals surface area (Å²) in [4.78, 5) is 7.95. The van der Waals surface area contributed by atoms with E-state index in [-0.39, 0.29) is 0 Å². The molecule has 0 unspecified atom stereocenters. The summed E-state index contributed by atoms with van der Waals surface area (Å²) in [5.74, 6) is 1.01. The maximum Gasteiger partial charge on any atom is 0.224 e. The first-order valence-electron chi connectivity index (χ1n) is 4.23. The van der Waals surface area contributed by atoms with Crippen LogP contribution in [0, 0.1) is 0 Å². The summed E-state index contributed by atoms with van der Waals surface area (Å²) in [6.07, 6.45) is 1.62. The third-order valence-corrected chi connectivity index (χ3v) is 1.41. The van der Waals surface area contributed by atoms with Crippen LogP contribution >= 0.6 is 0 Å². The van der Waals surface area contributed by atoms with E-state index in [2.05, 4.69) is 15.3 Å². The van der Waals surface area contributed by atoms with Crippen LogP contribution in [0.15, 0.2) is 12.3 Å². The molecular formula is C8H14N4O. The summed E-state index contributed by atoms with van der Waals surface area (Å²) in [5, 5.41) is 2.99. The predicted molar refractivity (Wildman–Crippen MR) is 51.4 cm³/mol. The van der Waals surface area contributed by atoms with Crippen molar-refractivity contribution in [2.75, 3.05) is 30.8 Å². The summed E-state index contributed by atoms with van der Waals surface area (Å²) in [5.41, 5.74) is 5.47. The molecule has 0 fully saturated rings. The Hall–Kier alpha value is -1.36. The lowest BCUT2D eigenvalue weighted by Crippen LogP contribution is -2.11. The van der Waals surface area contributed by atoms with Crippen molar-refractivity contribution in [1.29, 1.82) is 0 Å². The molecule has 1 aromatic heterocycles. The van der Waals surface area contributed by atoms with E-state index < -0.39 is 0 Å². The van der Waals surface area contributed by atoms with Crippen molar-refractivity contribution in [3.05, 3.63) is 12.3 Å². The van der Waals surface area contributed by atoms with Crippen molar-refractivity contribution in [2.45, 2.75) is 6.92 Å². The molecule has 0 aliphatic heterocycles. The van der Waals surface area contributed by atoms with E-state index in [1.54, 1.807) is 12.3 Å². The van der Waals surface area contributed by atoms with Gasteiger partial charge >= 0.3 is 0 Å². The van der Waals surface area contributed by atoms with E-state index in [1.165, 1.54) is 0 Å². The molecule has 0 spiro atoms. The van der Waals surface area contributed by atoms with Gasteiger partial charge in [-0.3, -0.25) is 0 Å². The first kappa shape index (κ1) is 9.73. The zero-order valence-electron chi connectivity index (χ0n) is 7.66. The van der Waals surface area contributed by atoms with Gasteiger partial charge in [-0.25, -0.2) is 4.98 Å². The van der Waals surface area contributed by atoms with E-state index in [1.807, 2.05) is 6.92 Å². The van der Waals surface area contributed by atoms with Crippen LogP contribution in [-0.2, 0) is 4.74 Å². The number of nitrogens with two attached hydrogens (primary N) is 1. The Morgan fingerprint density at radius 3 is 3.15 bits per heavy atom. The lowest BCUT2D eigenvalue weighted by molar-refractivity contribution is 0.158. The van der Waals surface area contributed by atoms with Crippen molar-refractivity contribution in [3.8, 4) is 0 Å². The fourth-order valence-corrected chi connectivity index (χ4v) is 0.837. The monoisotopic (exact) mass is 182 g/mol. The maximum absolute atomic E-state index is 5.47. The number of nitrogens with zero attached hydrogens (tertiary/aromatic N) is 2. The van der Waals surface area contributed by atoms with Crippen molar-refractivity contribution in [2.24, 2.45) is 0 Å². The van der Waals surface area contributed by atoms with Gasteiger partial charge in [-0.05, 0) is 13.0 Å². The molecule has 0 saturated carbocycles. The van der Waals surface area contributed by atoms with Crippen molar-refractivity contribution < 1.29 is 4.74 Å². The molecule has 72 valence electrons. The van der Waals surface area contributed by atoms with E-state index in [9.17, 15) is 0 Å². The molecular weight excluding hydrogens is 168 g/mol. The summed E-state index contributed by atoms with van der Waals surface area (Å²) in [7, 11) is 0. The third-order valence-electron chi connectivity index (χ3n) is 1.41. The average Bonchev–Trinajstić information content (AvgIpc) is 2.13. The van der Waals surface area contributed by atoms with Crippen LogP contribution in [0.1, 0.15) is 6.92 Å². The highest BCUT2D eigenvalue weighted by Gasteiger charge is 1.94. The van der Waals surface area contributed by atoms with Crippen molar-refractivity contribution in [1.82, 2.24) is 9.97 Å². The van der Waals surface area contributed by atoms with Gasteiger partial charge in [-0.2, -0.15) is 4.98 Å². The summed E-state index contributed by atoms with van der Waals surface area (Å²) >= 11 is 0. The standard InChI is InChI=1S/C8H14N4O/c1-2-13-6-5-11-8-10-4-3-7(9)12-8/h3-4H,2,5-6H2,1H3,(H3,9,10,11,12). The van der Waals surface area contributed by atoms with Crippen LogP contribution < -0.4 is 11.1 Å². The van der Waals surface area contributed by atoms with Crippen LogP contribution in [0.5, 0.6) is 0 Å². The number of ether oxygens (including phenoxy) is 1. The molecule has 0 saturated heterocycles. The van der Waals surface area contributed by atoms with Gasteiger partial charge in [-0.1, -0.05) is 0 Å². The van der Waals surface area contributed by atoms with Gasteiger partial charge < -0.3 is 15.8 Å². The Kier molecular flexibility index (Phi) is 3.98. The second kappa shape index (κ2) is 5.31. The second-order valence-corrected chi connectivity index (χ2v) is 2.43. The largest absolute Gasteiger partial charge is 0.384 e. The van der Waals surface area contributed by atoms with Crippen molar-refractivity contribution in [3.63, 3.8) is 0 Å². The minimum absolute atomic E-state index is 0.467. The van der Waals surface area contributed by atoms with Crippen LogP contribution in [0.2, 0.25) is 0 Å². The number of aromatic nitrogens is 2. The highest BCUT2D eigenvalue weighted by Crippen LogP contribution is 1.99. The molecule has 0 aromatic carbocycles.